The number of amides is 1. The fourth-order valence-corrected chi connectivity index (χ4v) is 4.03. The molecule has 0 spiro atoms. The van der Waals surface area contributed by atoms with Crippen molar-refractivity contribution < 1.29 is 9.53 Å². The summed E-state index contributed by atoms with van der Waals surface area (Å²) < 4.78 is 8.51. The van der Waals surface area contributed by atoms with Crippen molar-refractivity contribution in [3.63, 3.8) is 0 Å². The molecule has 1 amide bonds. The Morgan fingerprint density at radius 1 is 1.21 bits per heavy atom. The van der Waals surface area contributed by atoms with Crippen molar-refractivity contribution in [1.29, 1.82) is 0 Å². The van der Waals surface area contributed by atoms with Crippen LogP contribution < -0.4 is 5.43 Å². The molecular weight excluding hydrogens is 420 g/mol. The molecule has 1 N–H and O–H groups in total. The molecule has 1 saturated heterocycles. The first-order valence-electron chi connectivity index (χ1n) is 9.45. The smallest absolute Gasteiger partial charge is 0.254 e. The molecular formula is C21H27BrN4O2. The zero-order valence-electron chi connectivity index (χ0n) is 16.9. The number of nitrogens with one attached hydrogen (secondary N) is 1. The minimum Gasteiger partial charge on any atom is -0.379 e. The first kappa shape index (κ1) is 20.8. The topological polar surface area (TPSA) is 58.9 Å². The zero-order chi connectivity index (χ0) is 20.3. The number of halogens is 1. The number of aromatic nitrogens is 1. The number of carbonyl (C=O) groups is 1. The lowest BCUT2D eigenvalue weighted by molar-refractivity contribution is -0.123. The van der Waals surface area contributed by atoms with E-state index >= 15 is 0 Å². The summed E-state index contributed by atoms with van der Waals surface area (Å²) in [6.07, 6.45) is 1.71. The molecule has 6 nitrogen and oxygen atoms in total. The number of hydrogen-bond donors (Lipinski definition) is 1. The van der Waals surface area contributed by atoms with Gasteiger partial charge >= 0.3 is 0 Å². The minimum absolute atomic E-state index is 0.113. The Morgan fingerprint density at radius 3 is 2.64 bits per heavy atom. The molecule has 1 aliphatic heterocycles. The van der Waals surface area contributed by atoms with Gasteiger partial charge < -0.3 is 9.30 Å². The lowest BCUT2D eigenvalue weighted by atomic mass is 10.1. The molecule has 1 aromatic carbocycles. The molecule has 150 valence electrons. The largest absolute Gasteiger partial charge is 0.379 e. The van der Waals surface area contributed by atoms with Crippen LogP contribution in [0.1, 0.15) is 28.1 Å². The van der Waals surface area contributed by atoms with E-state index in [-0.39, 0.29) is 5.91 Å². The number of morpholine rings is 1. The van der Waals surface area contributed by atoms with Crippen LogP contribution in [0.3, 0.4) is 0 Å². The van der Waals surface area contributed by atoms with Gasteiger partial charge in [-0.05, 0) is 60.8 Å². The molecule has 1 fully saturated rings. The number of benzene rings is 1. The van der Waals surface area contributed by atoms with Crippen molar-refractivity contribution in [3.05, 3.63) is 50.8 Å². The number of hydrogen-bond acceptors (Lipinski definition) is 4. The molecule has 3 rings (SSSR count). The molecule has 2 heterocycles. The van der Waals surface area contributed by atoms with Crippen LogP contribution in [-0.2, 0) is 9.53 Å². The predicted molar refractivity (Wildman–Crippen MR) is 115 cm³/mol. The third-order valence-electron chi connectivity index (χ3n) is 5.07. The first-order valence-corrected chi connectivity index (χ1v) is 10.2. The molecule has 0 saturated carbocycles. The van der Waals surface area contributed by atoms with Gasteiger partial charge in [0.1, 0.15) is 0 Å². The van der Waals surface area contributed by atoms with Gasteiger partial charge in [-0.3, -0.25) is 9.69 Å². The van der Waals surface area contributed by atoms with Gasteiger partial charge in [-0.2, -0.15) is 5.10 Å². The van der Waals surface area contributed by atoms with Crippen LogP contribution in [0.4, 0.5) is 0 Å². The highest BCUT2D eigenvalue weighted by Gasteiger charge is 2.17. The van der Waals surface area contributed by atoms with E-state index in [9.17, 15) is 4.79 Å². The minimum atomic E-state index is -0.113. The Bertz CT molecular complexity index is 898. The molecule has 0 bridgehead atoms. The summed E-state index contributed by atoms with van der Waals surface area (Å²) in [6.45, 7) is 11.6. The number of hydrazone groups is 1. The molecule has 2 aromatic rings. The summed E-state index contributed by atoms with van der Waals surface area (Å²) in [5, 5.41) is 4.19. The second-order valence-corrected chi connectivity index (χ2v) is 8.00. The maximum absolute atomic E-state index is 12.1. The number of ether oxygens (including phenoxy) is 1. The normalized spacial score (nSPS) is 15.3. The number of aryl methyl sites for hydroxylation is 2. The van der Waals surface area contributed by atoms with E-state index in [2.05, 4.69) is 81.8 Å². The highest BCUT2D eigenvalue weighted by atomic mass is 79.9. The molecule has 0 unspecified atom stereocenters. The molecule has 1 aromatic heterocycles. The summed E-state index contributed by atoms with van der Waals surface area (Å²) in [5.41, 5.74) is 9.37. The Labute approximate surface area is 174 Å². The first-order chi connectivity index (χ1) is 13.4. The summed E-state index contributed by atoms with van der Waals surface area (Å²) in [7, 11) is 0. The average Bonchev–Trinajstić information content (AvgIpc) is 2.88. The van der Waals surface area contributed by atoms with Crippen LogP contribution in [0, 0.1) is 27.7 Å². The van der Waals surface area contributed by atoms with Crippen molar-refractivity contribution >= 4 is 28.1 Å². The average molecular weight is 447 g/mol. The van der Waals surface area contributed by atoms with E-state index in [0.717, 1.165) is 40.2 Å². The number of nitrogens with zero attached hydrogens (tertiary/aromatic N) is 3. The van der Waals surface area contributed by atoms with Gasteiger partial charge in [-0.25, -0.2) is 5.43 Å². The highest BCUT2D eigenvalue weighted by Crippen LogP contribution is 2.31. The molecule has 0 radical (unpaired) electrons. The lowest BCUT2D eigenvalue weighted by Crippen LogP contribution is -2.42. The summed E-state index contributed by atoms with van der Waals surface area (Å²) in [6, 6.07) is 6.44. The monoisotopic (exact) mass is 446 g/mol. The van der Waals surface area contributed by atoms with Gasteiger partial charge in [-0.1, -0.05) is 12.1 Å². The van der Waals surface area contributed by atoms with Crippen LogP contribution in [-0.4, -0.2) is 54.4 Å². The van der Waals surface area contributed by atoms with Crippen LogP contribution >= 0.6 is 15.9 Å². The van der Waals surface area contributed by atoms with Gasteiger partial charge in [0.05, 0.1) is 26.0 Å². The van der Waals surface area contributed by atoms with Crippen molar-refractivity contribution in [2.24, 2.45) is 5.10 Å². The second-order valence-electron chi connectivity index (χ2n) is 7.21. The molecule has 0 atom stereocenters. The lowest BCUT2D eigenvalue weighted by Gasteiger charge is -2.25. The SMILES string of the molecule is Cc1ccc(C)c(-n2c(C)c(Br)c(/C=N\NC(=O)CN3CCOCC3)c2C)c1. The number of rotatable bonds is 5. The Morgan fingerprint density at radius 2 is 1.93 bits per heavy atom. The molecule has 0 aliphatic carbocycles. The predicted octanol–water partition coefficient (Wildman–Crippen LogP) is 3.26. The van der Waals surface area contributed by atoms with Gasteiger partial charge in [0.15, 0.2) is 0 Å². The van der Waals surface area contributed by atoms with Gasteiger partial charge in [-0.15, -0.1) is 0 Å². The van der Waals surface area contributed by atoms with Crippen molar-refractivity contribution in [3.8, 4) is 5.69 Å². The van der Waals surface area contributed by atoms with Crippen molar-refractivity contribution in [1.82, 2.24) is 14.9 Å². The third kappa shape index (κ3) is 4.54. The van der Waals surface area contributed by atoms with E-state index in [1.807, 2.05) is 0 Å². The fraction of sp³-hybridized carbons (Fsp3) is 0.429. The van der Waals surface area contributed by atoms with Gasteiger partial charge in [0, 0.05) is 40.2 Å². The highest BCUT2D eigenvalue weighted by molar-refractivity contribution is 9.10. The maximum atomic E-state index is 12.1. The quantitative estimate of drug-likeness (QED) is 0.566. The van der Waals surface area contributed by atoms with E-state index in [0.29, 0.717) is 19.8 Å². The van der Waals surface area contributed by atoms with Gasteiger partial charge in [0.2, 0.25) is 0 Å². The standard InChI is InChI=1S/C21H27BrN4O2/c1-14-5-6-15(2)19(11-14)26-16(3)18(21(22)17(26)4)12-23-24-20(27)13-25-7-9-28-10-8-25/h5-6,11-12H,7-10,13H2,1-4H3,(H,24,27)/b23-12-. The van der Waals surface area contributed by atoms with Crippen molar-refractivity contribution in [2.75, 3.05) is 32.8 Å². The molecule has 28 heavy (non-hydrogen) atoms. The van der Waals surface area contributed by atoms with Crippen molar-refractivity contribution in [2.45, 2.75) is 27.7 Å². The van der Waals surface area contributed by atoms with E-state index in [1.54, 1.807) is 6.21 Å². The summed E-state index contributed by atoms with van der Waals surface area (Å²) in [5.74, 6) is -0.113. The molecule has 1 aliphatic rings. The Hall–Kier alpha value is -1.96. The van der Waals surface area contributed by atoms with E-state index in [1.165, 1.54) is 11.1 Å². The fourth-order valence-electron chi connectivity index (χ4n) is 3.46. The Kier molecular flexibility index (Phi) is 6.69. The third-order valence-corrected chi connectivity index (χ3v) is 6.08. The maximum Gasteiger partial charge on any atom is 0.254 e. The Balaban J connectivity index is 1.76. The van der Waals surface area contributed by atoms with Gasteiger partial charge in [0.25, 0.3) is 5.91 Å². The van der Waals surface area contributed by atoms with Crippen LogP contribution in [0.15, 0.2) is 27.8 Å². The number of carbonyl (C=O) groups excluding carboxylic acids is 1. The van der Waals surface area contributed by atoms with E-state index in [4.69, 9.17) is 4.74 Å². The van der Waals surface area contributed by atoms with Crippen LogP contribution in [0.5, 0.6) is 0 Å². The summed E-state index contributed by atoms with van der Waals surface area (Å²) >= 11 is 3.69. The zero-order valence-corrected chi connectivity index (χ0v) is 18.5. The second kappa shape index (κ2) is 9.03. The molecule has 7 heteroatoms. The van der Waals surface area contributed by atoms with Crippen LogP contribution in [0.2, 0.25) is 0 Å². The van der Waals surface area contributed by atoms with E-state index < -0.39 is 0 Å². The van der Waals surface area contributed by atoms with Crippen LogP contribution in [0.25, 0.3) is 5.69 Å². The summed E-state index contributed by atoms with van der Waals surface area (Å²) in [4.78, 5) is 14.2.